The van der Waals surface area contributed by atoms with Gasteiger partial charge in [0.25, 0.3) is 0 Å². The molecule has 72 valence electrons. The average molecular weight is 222 g/mol. The Balaban J connectivity index is 0.00000169. The topological polar surface area (TPSA) is 43.4 Å². The Kier molecular flexibility index (Phi) is 5.44. The van der Waals surface area contributed by atoms with Gasteiger partial charge in [-0.2, -0.15) is 8.42 Å². The average Bonchev–Trinajstić information content (AvgIpc) is 2.03. The molecule has 0 saturated heterocycles. The summed E-state index contributed by atoms with van der Waals surface area (Å²) < 4.78 is 26.1. The first-order chi connectivity index (χ1) is 6.01. The Hall–Kier alpha value is -0.290. The molecule has 0 amide bonds. The van der Waals surface area contributed by atoms with Crippen LogP contribution in [0.25, 0.3) is 6.08 Å². The van der Waals surface area contributed by atoms with Crippen LogP contribution >= 0.6 is 0 Å². The molecule has 5 heteroatoms. The number of hydrogen-bond acceptors (Lipinski definition) is 3. The van der Waals surface area contributed by atoms with Gasteiger partial charge in [0.1, 0.15) is 5.75 Å². The predicted octanol–water partition coefficient (Wildman–Crippen LogP) is 1.02. The second-order valence-electron chi connectivity index (χ2n) is 2.56. The Morgan fingerprint density at radius 2 is 1.79 bits per heavy atom. The molecule has 0 radical (unpaired) electrons. The molecule has 0 aromatic heterocycles. The van der Waals surface area contributed by atoms with Gasteiger partial charge in [0, 0.05) is 0 Å². The zero-order valence-corrected chi connectivity index (χ0v) is 8.04. The van der Waals surface area contributed by atoms with Crippen LogP contribution in [0.15, 0.2) is 30.8 Å². The van der Waals surface area contributed by atoms with E-state index in [0.29, 0.717) is 5.75 Å². The molecule has 0 fully saturated rings. The molecular weight excluding hydrogens is 211 g/mol. The van der Waals surface area contributed by atoms with E-state index in [4.69, 9.17) is 0 Å². The Morgan fingerprint density at radius 3 is 2.14 bits per heavy atom. The summed E-state index contributed by atoms with van der Waals surface area (Å²) in [6, 6.07) is 6.62. The van der Waals surface area contributed by atoms with E-state index < -0.39 is 10.1 Å². The quantitative estimate of drug-likeness (QED) is 0.566. The van der Waals surface area contributed by atoms with Gasteiger partial charge < -0.3 is 4.18 Å². The van der Waals surface area contributed by atoms with E-state index in [1.807, 2.05) is 0 Å². The fraction of sp³-hybridized carbons (Fsp3) is 0.111. The van der Waals surface area contributed by atoms with Crippen molar-refractivity contribution in [3.05, 3.63) is 36.4 Å². The normalized spacial score (nSPS) is 10.1. The summed E-state index contributed by atoms with van der Waals surface area (Å²) in [5.41, 5.74) is 0.917. The summed E-state index contributed by atoms with van der Waals surface area (Å²) in [5, 5.41) is 0. The van der Waals surface area contributed by atoms with E-state index in [1.165, 1.54) is 0 Å². The molecule has 0 N–H and O–H groups in total. The summed E-state index contributed by atoms with van der Waals surface area (Å²) in [6.07, 6.45) is 2.68. The molecule has 0 atom stereocenters. The third-order valence-corrected chi connectivity index (χ3v) is 1.86. The molecule has 0 aliphatic heterocycles. The van der Waals surface area contributed by atoms with Gasteiger partial charge in [0.15, 0.2) is 0 Å². The molecule has 14 heavy (non-hydrogen) atoms. The van der Waals surface area contributed by atoms with Gasteiger partial charge in [-0.25, -0.2) is 0 Å². The molecule has 0 aliphatic rings. The molecule has 0 unspecified atom stereocenters. The van der Waals surface area contributed by atoms with Crippen molar-refractivity contribution in [3.63, 3.8) is 0 Å². The van der Waals surface area contributed by atoms with Crippen LogP contribution in [0.1, 0.15) is 5.56 Å². The summed E-state index contributed by atoms with van der Waals surface area (Å²) in [5.74, 6) is 0.313. The van der Waals surface area contributed by atoms with Gasteiger partial charge in [0.2, 0.25) is 0 Å². The molecule has 0 saturated carbocycles. The monoisotopic (exact) mass is 222 g/mol. The molecule has 1 aromatic carbocycles. The molecule has 1 rings (SSSR count). The van der Waals surface area contributed by atoms with Crippen molar-refractivity contribution in [1.29, 1.82) is 0 Å². The van der Waals surface area contributed by atoms with Crippen LogP contribution in [0.5, 0.6) is 5.75 Å². The fourth-order valence-corrected chi connectivity index (χ4v) is 1.29. The first-order valence-corrected chi connectivity index (χ1v) is 5.45. The Labute approximate surface area is 106 Å². The Morgan fingerprint density at radius 1 is 1.29 bits per heavy atom. The molecule has 0 spiro atoms. The van der Waals surface area contributed by atoms with Crippen molar-refractivity contribution in [2.24, 2.45) is 0 Å². The van der Waals surface area contributed by atoms with Crippen LogP contribution in [0.2, 0.25) is 0 Å². The second-order valence-corrected chi connectivity index (χ2v) is 4.14. The molecule has 1 aromatic rings. The third kappa shape index (κ3) is 4.81. The van der Waals surface area contributed by atoms with E-state index in [2.05, 4.69) is 10.8 Å². The summed E-state index contributed by atoms with van der Waals surface area (Å²) in [7, 11) is -3.42. The predicted molar refractivity (Wildman–Crippen MR) is 59.2 cm³/mol. The second kappa shape index (κ2) is 5.56. The Bertz CT molecular complexity index is 395. The van der Waals surface area contributed by atoms with Crippen LogP contribution in [0, 0.1) is 0 Å². The first-order valence-electron chi connectivity index (χ1n) is 3.63. The standard InChI is InChI=1S/C9H10O3S.Na.H/c1-3-8-4-6-9(7-5-8)12-13(2,10)11;;/h3-7H,1H2,2H3;;. The summed E-state index contributed by atoms with van der Waals surface area (Å²) in [4.78, 5) is 0. The molecule has 3 nitrogen and oxygen atoms in total. The fourth-order valence-electron chi connectivity index (χ4n) is 0.834. The van der Waals surface area contributed by atoms with Crippen LogP contribution < -0.4 is 4.18 Å². The number of benzene rings is 1. The van der Waals surface area contributed by atoms with Crippen molar-refractivity contribution in [2.45, 2.75) is 0 Å². The molecule has 0 heterocycles. The van der Waals surface area contributed by atoms with Crippen molar-refractivity contribution in [1.82, 2.24) is 0 Å². The van der Waals surface area contributed by atoms with Gasteiger partial charge >= 0.3 is 39.7 Å². The summed E-state index contributed by atoms with van der Waals surface area (Å²) >= 11 is 0. The van der Waals surface area contributed by atoms with E-state index in [9.17, 15) is 8.42 Å². The van der Waals surface area contributed by atoms with Crippen molar-refractivity contribution in [2.75, 3.05) is 6.26 Å². The van der Waals surface area contributed by atoms with Crippen LogP contribution in [0.4, 0.5) is 0 Å². The molecular formula is C9H11NaO3S. The zero-order valence-electron chi connectivity index (χ0n) is 7.23. The third-order valence-electron chi connectivity index (χ3n) is 1.36. The van der Waals surface area contributed by atoms with E-state index in [-0.39, 0.29) is 29.6 Å². The SMILES string of the molecule is C=Cc1ccc(OS(C)(=O)=O)cc1.[NaH]. The van der Waals surface area contributed by atoms with E-state index >= 15 is 0 Å². The van der Waals surface area contributed by atoms with Gasteiger partial charge in [-0.05, 0) is 17.7 Å². The van der Waals surface area contributed by atoms with E-state index in [0.717, 1.165) is 11.8 Å². The maximum absolute atomic E-state index is 10.7. The van der Waals surface area contributed by atoms with Crippen LogP contribution in [-0.2, 0) is 10.1 Å². The van der Waals surface area contributed by atoms with Gasteiger partial charge in [0.05, 0.1) is 6.26 Å². The van der Waals surface area contributed by atoms with Gasteiger partial charge in [-0.3, -0.25) is 0 Å². The molecule has 0 bridgehead atoms. The minimum atomic E-state index is -3.42. The van der Waals surface area contributed by atoms with Crippen LogP contribution in [-0.4, -0.2) is 44.2 Å². The van der Waals surface area contributed by atoms with Gasteiger partial charge in [-0.1, -0.05) is 24.8 Å². The number of rotatable bonds is 3. The van der Waals surface area contributed by atoms with E-state index in [1.54, 1.807) is 30.3 Å². The maximum atomic E-state index is 10.7. The van der Waals surface area contributed by atoms with Crippen molar-refractivity contribution < 1.29 is 12.6 Å². The van der Waals surface area contributed by atoms with Crippen LogP contribution in [0.3, 0.4) is 0 Å². The number of hydrogen-bond donors (Lipinski definition) is 0. The van der Waals surface area contributed by atoms with Crippen molar-refractivity contribution >= 4 is 45.8 Å². The minimum absolute atomic E-state index is 0. The van der Waals surface area contributed by atoms with Crippen molar-refractivity contribution in [3.8, 4) is 5.75 Å². The zero-order chi connectivity index (χ0) is 9.90. The van der Waals surface area contributed by atoms with Gasteiger partial charge in [-0.15, -0.1) is 0 Å². The molecule has 0 aliphatic carbocycles. The first kappa shape index (κ1) is 13.7. The summed E-state index contributed by atoms with van der Waals surface area (Å²) in [6.45, 7) is 3.58.